The predicted octanol–water partition coefficient (Wildman–Crippen LogP) is 6.60. The highest BCUT2D eigenvalue weighted by Gasteiger charge is 2.33. The highest BCUT2D eigenvalue weighted by atomic mass is 32.2. The summed E-state index contributed by atoms with van der Waals surface area (Å²) in [6.07, 6.45) is 3.85. The van der Waals surface area contributed by atoms with E-state index in [2.05, 4.69) is 4.90 Å². The number of likely N-dealkylation sites (tertiary alicyclic amines) is 1. The summed E-state index contributed by atoms with van der Waals surface area (Å²) < 4.78 is 25.5. The number of Topliss-reactive ketones (excluding diaryl/α,β-unsaturated/α-hetero) is 1. The van der Waals surface area contributed by atoms with Crippen LogP contribution in [0, 0.1) is 0 Å². The van der Waals surface area contributed by atoms with Crippen LogP contribution in [0.2, 0.25) is 0 Å². The normalized spacial score (nSPS) is 17.8. The van der Waals surface area contributed by atoms with Crippen molar-refractivity contribution in [3.05, 3.63) is 89.5 Å². The van der Waals surface area contributed by atoms with Gasteiger partial charge >= 0.3 is 0 Å². The van der Waals surface area contributed by atoms with Crippen LogP contribution in [0.5, 0.6) is 11.5 Å². The minimum absolute atomic E-state index is 0.150. The third kappa shape index (κ3) is 5.92. The Kier molecular flexibility index (Phi) is 7.82. The molecule has 1 saturated heterocycles. The molecule has 1 unspecified atom stereocenters. The van der Waals surface area contributed by atoms with E-state index >= 15 is 0 Å². The van der Waals surface area contributed by atoms with Gasteiger partial charge in [-0.15, -0.1) is 0 Å². The zero-order valence-corrected chi connectivity index (χ0v) is 23.2. The van der Waals surface area contributed by atoms with Crippen LogP contribution in [0.15, 0.2) is 77.7 Å². The van der Waals surface area contributed by atoms with Crippen molar-refractivity contribution in [1.82, 2.24) is 4.90 Å². The van der Waals surface area contributed by atoms with E-state index in [1.807, 2.05) is 81.4 Å². The lowest BCUT2D eigenvalue weighted by Gasteiger charge is -2.26. The maximum Gasteiger partial charge on any atom is 0.194 e. The molecule has 0 saturated carbocycles. The average molecular weight is 530 g/mol. The Labute approximate surface area is 227 Å². The molecule has 3 aromatic carbocycles. The van der Waals surface area contributed by atoms with E-state index < -0.39 is 10.8 Å². The van der Waals surface area contributed by atoms with Gasteiger partial charge in [0.05, 0.1) is 20.6 Å². The Morgan fingerprint density at radius 2 is 1.53 bits per heavy atom. The van der Waals surface area contributed by atoms with Gasteiger partial charge in [0, 0.05) is 23.2 Å². The number of carbonyl (C=O) groups is 1. The van der Waals surface area contributed by atoms with Crippen molar-refractivity contribution < 1.29 is 18.5 Å². The summed E-state index contributed by atoms with van der Waals surface area (Å²) in [4.78, 5) is 17.5. The first-order chi connectivity index (χ1) is 18.3. The van der Waals surface area contributed by atoms with Crippen molar-refractivity contribution in [3.63, 3.8) is 0 Å². The van der Waals surface area contributed by atoms with Crippen LogP contribution < -0.4 is 9.47 Å². The molecule has 1 atom stereocenters. The van der Waals surface area contributed by atoms with Crippen molar-refractivity contribution in [2.75, 3.05) is 26.2 Å². The van der Waals surface area contributed by atoms with Gasteiger partial charge in [-0.3, -0.25) is 9.69 Å². The first-order valence-electron chi connectivity index (χ1n) is 13.3. The molecular formula is C32H35NO4S. The lowest BCUT2D eigenvalue weighted by molar-refractivity contribution is 0.105. The number of allylic oxidation sites excluding steroid dienone is 1. The molecule has 0 amide bonds. The van der Waals surface area contributed by atoms with E-state index in [4.69, 9.17) is 9.47 Å². The third-order valence-corrected chi connectivity index (χ3v) is 8.34. The molecule has 5 nitrogen and oxygen atoms in total. The molecule has 3 aromatic rings. The number of hydrogen-bond donors (Lipinski definition) is 0. The van der Waals surface area contributed by atoms with Crippen molar-refractivity contribution >= 4 is 27.1 Å². The molecule has 2 aliphatic heterocycles. The van der Waals surface area contributed by atoms with Crippen LogP contribution in [0.3, 0.4) is 0 Å². The van der Waals surface area contributed by atoms with Gasteiger partial charge in [-0.1, -0.05) is 36.8 Å². The second-order valence-electron chi connectivity index (χ2n) is 10.8. The molecule has 0 N–H and O–H groups in total. The highest BCUT2D eigenvalue weighted by Crippen LogP contribution is 2.43. The number of nitrogens with zero attached hydrogens (tertiary/aromatic N) is 1. The Hall–Kier alpha value is -3.22. The molecule has 0 aliphatic carbocycles. The van der Waals surface area contributed by atoms with Crippen molar-refractivity contribution in [3.8, 4) is 11.5 Å². The van der Waals surface area contributed by atoms with E-state index in [0.29, 0.717) is 33.3 Å². The standard InChI is InChI=1S/C32H35NO4S/c1-32(2,3)37-26-17-11-23(12-18-26)30(34)29-27-9-5-6-10-28(27)38(35)31(29)24-13-15-25(16-14-24)36-22-21-33-19-7-4-8-20-33/h5-6,9-18H,4,7-8,19-22H2,1-3H3. The fourth-order valence-corrected chi connectivity index (χ4v) is 6.52. The Bertz CT molecular complexity index is 1350. The number of ketones is 1. The monoisotopic (exact) mass is 529 g/mol. The van der Waals surface area contributed by atoms with Crippen LogP contribution in [-0.2, 0) is 10.8 Å². The van der Waals surface area contributed by atoms with Crippen molar-refractivity contribution in [2.45, 2.75) is 50.5 Å². The van der Waals surface area contributed by atoms with Crippen LogP contribution in [0.4, 0.5) is 0 Å². The second-order valence-corrected chi connectivity index (χ2v) is 12.2. The molecule has 5 rings (SSSR count). The molecule has 0 spiro atoms. The summed E-state index contributed by atoms with van der Waals surface area (Å²) in [5.74, 6) is 1.33. The zero-order valence-electron chi connectivity index (χ0n) is 22.4. The summed E-state index contributed by atoms with van der Waals surface area (Å²) in [5.41, 5.74) is 2.18. The average Bonchev–Trinajstić information content (AvgIpc) is 3.21. The smallest absolute Gasteiger partial charge is 0.194 e. The number of fused-ring (bicyclic) bond motifs is 1. The summed E-state index contributed by atoms with van der Waals surface area (Å²) >= 11 is 0. The van der Waals surface area contributed by atoms with Crippen molar-refractivity contribution in [1.29, 1.82) is 0 Å². The molecule has 0 bridgehead atoms. The van der Waals surface area contributed by atoms with Gasteiger partial charge in [0.2, 0.25) is 0 Å². The van der Waals surface area contributed by atoms with Crippen molar-refractivity contribution in [2.24, 2.45) is 0 Å². The summed E-state index contributed by atoms with van der Waals surface area (Å²) in [6.45, 7) is 9.80. The van der Waals surface area contributed by atoms with Crippen LogP contribution in [0.1, 0.15) is 61.5 Å². The number of carbonyl (C=O) groups excluding carboxylic acids is 1. The first kappa shape index (κ1) is 26.4. The van der Waals surface area contributed by atoms with Gasteiger partial charge in [0.15, 0.2) is 5.78 Å². The number of piperidine rings is 1. The molecule has 0 aromatic heterocycles. The predicted molar refractivity (Wildman–Crippen MR) is 153 cm³/mol. The first-order valence-corrected chi connectivity index (χ1v) is 14.5. The van der Waals surface area contributed by atoms with Gasteiger partial charge < -0.3 is 9.47 Å². The number of hydrogen-bond acceptors (Lipinski definition) is 5. The largest absolute Gasteiger partial charge is 0.492 e. The molecule has 1 fully saturated rings. The lowest BCUT2D eigenvalue weighted by atomic mass is 9.94. The fourth-order valence-electron chi connectivity index (χ4n) is 4.99. The summed E-state index contributed by atoms with van der Waals surface area (Å²) in [5, 5.41) is 0. The lowest BCUT2D eigenvalue weighted by Crippen LogP contribution is -2.33. The topological polar surface area (TPSA) is 55.8 Å². The van der Waals surface area contributed by atoms with Gasteiger partial charge in [-0.25, -0.2) is 4.21 Å². The Morgan fingerprint density at radius 3 is 2.21 bits per heavy atom. The second kappa shape index (κ2) is 11.3. The molecule has 2 heterocycles. The maximum absolute atomic E-state index is 13.8. The zero-order chi connectivity index (χ0) is 26.7. The third-order valence-electron chi connectivity index (χ3n) is 6.78. The summed E-state index contributed by atoms with van der Waals surface area (Å²) in [7, 11) is -1.46. The molecule has 38 heavy (non-hydrogen) atoms. The molecule has 0 radical (unpaired) electrons. The molecule has 6 heteroatoms. The minimum Gasteiger partial charge on any atom is -0.492 e. The number of benzene rings is 3. The summed E-state index contributed by atoms with van der Waals surface area (Å²) in [6, 6.07) is 22.2. The van der Waals surface area contributed by atoms with Crippen LogP contribution in [-0.4, -0.2) is 46.7 Å². The number of rotatable bonds is 8. The van der Waals surface area contributed by atoms with E-state index in [1.54, 1.807) is 12.1 Å². The van der Waals surface area contributed by atoms with E-state index in [9.17, 15) is 9.00 Å². The Morgan fingerprint density at radius 1 is 0.868 bits per heavy atom. The van der Waals surface area contributed by atoms with E-state index in [-0.39, 0.29) is 11.4 Å². The van der Waals surface area contributed by atoms with Crippen LogP contribution in [0.25, 0.3) is 10.5 Å². The van der Waals surface area contributed by atoms with E-state index in [0.717, 1.165) is 36.5 Å². The quantitative estimate of drug-likeness (QED) is 0.308. The van der Waals surface area contributed by atoms with Gasteiger partial charge in [0.25, 0.3) is 0 Å². The van der Waals surface area contributed by atoms with Gasteiger partial charge in [-0.2, -0.15) is 0 Å². The Balaban J connectivity index is 1.40. The fraction of sp³-hybridized carbons (Fsp3) is 0.344. The van der Waals surface area contributed by atoms with Gasteiger partial charge in [0.1, 0.15) is 23.7 Å². The minimum atomic E-state index is -1.46. The SMILES string of the molecule is CC(C)(C)Oc1ccc(C(=O)C2=C(c3ccc(OCCN4CCCCC4)cc3)S(=O)c3ccccc32)cc1. The molecule has 198 valence electrons. The maximum atomic E-state index is 13.8. The van der Waals surface area contributed by atoms with E-state index in [1.165, 1.54) is 19.3 Å². The molecular weight excluding hydrogens is 494 g/mol. The highest BCUT2D eigenvalue weighted by molar-refractivity contribution is 7.95. The molecule has 2 aliphatic rings. The number of ether oxygens (including phenoxy) is 2. The van der Waals surface area contributed by atoms with Gasteiger partial charge in [-0.05, 0) is 94.7 Å². The van der Waals surface area contributed by atoms with Crippen LogP contribution >= 0.6 is 0 Å².